The first-order valence-corrected chi connectivity index (χ1v) is 20.0. The largest absolute Gasteiger partial charge is 0.495 e. The number of nitrogens with one attached hydrogen (secondary N) is 3. The van der Waals surface area contributed by atoms with Crippen molar-refractivity contribution in [2.75, 3.05) is 96.2 Å². The van der Waals surface area contributed by atoms with Crippen LogP contribution in [0.2, 0.25) is 5.02 Å². The third kappa shape index (κ3) is 11.2. The Labute approximate surface area is 330 Å². The second-order valence-electron chi connectivity index (χ2n) is 14.2. The minimum Gasteiger partial charge on any atom is -0.495 e. The summed E-state index contributed by atoms with van der Waals surface area (Å²) < 4.78 is 30.9. The normalized spacial score (nSPS) is 18.8. The van der Waals surface area contributed by atoms with Crippen molar-refractivity contribution in [2.24, 2.45) is 0 Å². The zero-order valence-corrected chi connectivity index (χ0v) is 33.5. The van der Waals surface area contributed by atoms with Gasteiger partial charge in [0, 0.05) is 62.4 Å². The van der Waals surface area contributed by atoms with Crippen LogP contribution in [0.25, 0.3) is 0 Å². The number of nitrogens with zero attached hydrogens (tertiary/aromatic N) is 5. The van der Waals surface area contributed by atoms with E-state index in [0.29, 0.717) is 98.4 Å². The predicted octanol–water partition coefficient (Wildman–Crippen LogP) is 3.40. The first-order chi connectivity index (χ1) is 26.4. The molecule has 18 heteroatoms. The number of amides is 3. The van der Waals surface area contributed by atoms with Crippen molar-refractivity contribution in [3.8, 4) is 5.75 Å². The molecule has 3 amide bonds. The molecule has 1 aromatic carbocycles. The monoisotopic (exact) mass is 806 g/mol. The van der Waals surface area contributed by atoms with E-state index in [0.717, 1.165) is 25.9 Å². The van der Waals surface area contributed by atoms with Crippen LogP contribution < -0.4 is 20.7 Å². The molecule has 3 heterocycles. The number of hydrogen-bond acceptors (Lipinski definition) is 13. The lowest BCUT2D eigenvalue weighted by atomic mass is 10.0. The minimum atomic E-state index is -1.92. The lowest BCUT2D eigenvalue weighted by Gasteiger charge is -2.37. The maximum absolute atomic E-state index is 14.6. The number of piperazine rings is 1. The summed E-state index contributed by atoms with van der Waals surface area (Å²) in [6.45, 7) is 9.19. The number of likely N-dealkylation sites (tertiary alicyclic amines) is 1. The summed E-state index contributed by atoms with van der Waals surface area (Å²) in [6, 6.07) is 3.71. The van der Waals surface area contributed by atoms with Crippen molar-refractivity contribution in [1.29, 1.82) is 0 Å². The summed E-state index contributed by atoms with van der Waals surface area (Å²) in [5.41, 5.74) is -0.784. The van der Waals surface area contributed by atoms with Gasteiger partial charge < -0.3 is 44.8 Å². The van der Waals surface area contributed by atoms with E-state index in [-0.39, 0.29) is 24.7 Å². The summed E-state index contributed by atoms with van der Waals surface area (Å²) in [5, 5.41) is 9.10. The molecular weight excluding hydrogens is 755 g/mol. The number of halogens is 2. The van der Waals surface area contributed by atoms with Crippen LogP contribution in [-0.4, -0.2) is 157 Å². The number of methoxy groups -OCH3 is 1. The number of alkyl halides is 1. The van der Waals surface area contributed by atoms with Crippen molar-refractivity contribution < 1.29 is 37.8 Å². The van der Waals surface area contributed by atoms with Gasteiger partial charge in [-0.05, 0) is 57.7 Å². The highest BCUT2D eigenvalue weighted by molar-refractivity contribution is 8.00. The molecule has 2 unspecified atom stereocenters. The first kappa shape index (κ1) is 42.4. The smallest absolute Gasteiger partial charge is 0.258 e. The van der Waals surface area contributed by atoms with Gasteiger partial charge in [-0.15, -0.1) is 0 Å². The quantitative estimate of drug-likeness (QED) is 0.132. The molecule has 302 valence electrons. The van der Waals surface area contributed by atoms with Gasteiger partial charge in [0.1, 0.15) is 28.9 Å². The summed E-state index contributed by atoms with van der Waals surface area (Å²) in [7, 11) is 3.26. The van der Waals surface area contributed by atoms with Crippen LogP contribution in [0.3, 0.4) is 0 Å². The zero-order valence-electron chi connectivity index (χ0n) is 31.9. The van der Waals surface area contributed by atoms with E-state index >= 15 is 0 Å². The lowest BCUT2D eigenvalue weighted by molar-refractivity contribution is -0.140. The van der Waals surface area contributed by atoms with Gasteiger partial charge in [0.2, 0.25) is 11.9 Å². The van der Waals surface area contributed by atoms with Crippen LogP contribution in [0, 0.1) is 0 Å². The average molecular weight is 807 g/mol. The van der Waals surface area contributed by atoms with Crippen LogP contribution >= 0.6 is 23.4 Å². The number of ether oxygens (including phenoxy) is 3. The third-order valence-corrected chi connectivity index (χ3v) is 11.6. The maximum Gasteiger partial charge on any atom is 0.258 e. The molecule has 15 nitrogen and oxygen atoms in total. The highest BCUT2D eigenvalue weighted by atomic mass is 35.5. The van der Waals surface area contributed by atoms with Crippen LogP contribution in [0.4, 0.5) is 21.8 Å². The third-order valence-electron chi connectivity index (χ3n) is 10.0. The molecule has 0 bridgehead atoms. The van der Waals surface area contributed by atoms with Gasteiger partial charge in [-0.25, -0.2) is 9.37 Å². The Morgan fingerprint density at radius 2 is 1.84 bits per heavy atom. The van der Waals surface area contributed by atoms with Gasteiger partial charge in [-0.2, -0.15) is 16.7 Å². The molecule has 2 atom stereocenters. The molecule has 1 aromatic heterocycles. The van der Waals surface area contributed by atoms with E-state index in [1.165, 1.54) is 30.0 Å². The van der Waals surface area contributed by atoms with E-state index in [9.17, 15) is 23.6 Å². The first-order valence-electron chi connectivity index (χ1n) is 18.6. The fourth-order valence-corrected chi connectivity index (χ4v) is 7.71. The van der Waals surface area contributed by atoms with Crippen molar-refractivity contribution >= 4 is 64.8 Å². The second kappa shape index (κ2) is 19.4. The number of thioether (sulfide) groups is 1. The van der Waals surface area contributed by atoms with Crippen LogP contribution in [-0.2, 0) is 23.9 Å². The Bertz CT molecular complexity index is 1660. The molecule has 0 spiro atoms. The summed E-state index contributed by atoms with van der Waals surface area (Å²) in [6.07, 6.45) is 3.84. The number of anilines is 3. The number of aromatic nitrogens is 2. The van der Waals surface area contributed by atoms with Crippen molar-refractivity contribution in [2.45, 2.75) is 62.0 Å². The van der Waals surface area contributed by atoms with Gasteiger partial charge in [-0.3, -0.25) is 19.3 Å². The van der Waals surface area contributed by atoms with Crippen molar-refractivity contribution in [1.82, 2.24) is 30.0 Å². The molecule has 3 N–H and O–H groups in total. The summed E-state index contributed by atoms with van der Waals surface area (Å²) in [4.78, 5) is 65.2. The molecule has 2 aromatic rings. The number of carbonyl (C=O) groups excluding carboxylic acids is 4. The number of aldehydes is 1. The van der Waals surface area contributed by atoms with Crippen LogP contribution in [0.15, 0.2) is 24.4 Å². The number of hydrogen-bond donors (Lipinski definition) is 3. The van der Waals surface area contributed by atoms with Gasteiger partial charge in [0.15, 0.2) is 5.67 Å². The summed E-state index contributed by atoms with van der Waals surface area (Å²) >= 11 is 7.54. The fraction of sp³-hybridized carbons (Fsp3) is 0.622. The predicted molar refractivity (Wildman–Crippen MR) is 209 cm³/mol. The number of rotatable bonds is 20. The van der Waals surface area contributed by atoms with E-state index in [1.807, 2.05) is 18.7 Å². The molecule has 1 aliphatic carbocycles. The highest BCUT2D eigenvalue weighted by Gasteiger charge is 2.53. The van der Waals surface area contributed by atoms with Gasteiger partial charge >= 0.3 is 0 Å². The average Bonchev–Trinajstić information content (AvgIpc) is 3.76. The van der Waals surface area contributed by atoms with Crippen LogP contribution in [0.5, 0.6) is 5.75 Å². The van der Waals surface area contributed by atoms with Gasteiger partial charge in [0.25, 0.3) is 11.8 Å². The second-order valence-corrected chi connectivity index (χ2v) is 16.4. The van der Waals surface area contributed by atoms with E-state index in [4.69, 9.17) is 25.8 Å². The molecule has 55 heavy (non-hydrogen) atoms. The Balaban J connectivity index is 0.972. The lowest BCUT2D eigenvalue weighted by Crippen LogP contribution is -2.59. The molecule has 5 rings (SSSR count). The molecule has 3 fully saturated rings. The Morgan fingerprint density at radius 3 is 2.51 bits per heavy atom. The Morgan fingerprint density at radius 1 is 1.11 bits per heavy atom. The molecule has 1 saturated carbocycles. The minimum absolute atomic E-state index is 0.0731. The van der Waals surface area contributed by atoms with Crippen LogP contribution in [0.1, 0.15) is 49.9 Å². The molecular formula is C37H52ClFN8O7S. The standard InChI is InChI=1S/C37H52ClFN8O7S/c1-36(2,30(43-34(51)37(39)9-10-37)33(50)47-11-5-6-26(47)24-48)55-21-20-54-19-18-53-17-16-45-12-14-46(15-13-45)32(49)25-7-8-28(29(22-25)52-4)42-35-41-23-27(38)31(40-3)44-35/h7-8,22-24,26,30H,5-6,9-21H2,1-4H3,(H,43,51)(H2,40,41,42,44). The molecule has 0 radical (unpaired) electrons. The van der Waals surface area contributed by atoms with E-state index < -0.39 is 28.4 Å². The molecule has 2 saturated heterocycles. The summed E-state index contributed by atoms with van der Waals surface area (Å²) in [5.74, 6) is 0.641. The highest BCUT2D eigenvalue weighted by Crippen LogP contribution is 2.41. The SMILES string of the molecule is CNc1nc(Nc2ccc(C(=O)N3CCN(CCOCCOCCSC(C)(C)C(NC(=O)C4(F)CC4)C(=O)N4CCCC4C=O)CC3)cc2OC)ncc1Cl. The maximum atomic E-state index is 14.6. The van der Waals surface area contributed by atoms with E-state index in [2.05, 4.69) is 30.8 Å². The number of benzene rings is 1. The molecule has 2 aliphatic heterocycles. The van der Waals surface area contributed by atoms with Gasteiger partial charge in [-0.1, -0.05) is 11.6 Å². The van der Waals surface area contributed by atoms with Crippen molar-refractivity contribution in [3.63, 3.8) is 0 Å². The fourth-order valence-electron chi connectivity index (χ4n) is 6.47. The molecule has 3 aliphatic rings. The van der Waals surface area contributed by atoms with E-state index in [1.54, 1.807) is 25.2 Å². The van der Waals surface area contributed by atoms with Crippen molar-refractivity contribution in [3.05, 3.63) is 35.0 Å². The zero-order chi connectivity index (χ0) is 39.6. The number of carbonyl (C=O) groups is 4. The Hall–Kier alpha value is -3.77. The van der Waals surface area contributed by atoms with Gasteiger partial charge in [0.05, 0.1) is 51.5 Å². The topological polar surface area (TPSA) is 168 Å². The Kier molecular flexibility index (Phi) is 14.9.